The van der Waals surface area contributed by atoms with Crippen LogP contribution in [0.5, 0.6) is 5.75 Å². The van der Waals surface area contributed by atoms with Gasteiger partial charge in [0, 0.05) is 11.6 Å². The van der Waals surface area contributed by atoms with Gasteiger partial charge in [-0.1, -0.05) is 6.07 Å². The van der Waals surface area contributed by atoms with Crippen LogP contribution in [-0.4, -0.2) is 29.0 Å². The average Bonchev–Trinajstić information content (AvgIpc) is 3.12. The molecule has 0 saturated heterocycles. The van der Waals surface area contributed by atoms with E-state index in [2.05, 4.69) is 10.6 Å². The molecule has 2 rings (SSSR count). The molecule has 1 aliphatic rings. The maximum Gasteiger partial charge on any atom is 0.252 e. The van der Waals surface area contributed by atoms with Crippen LogP contribution in [0.25, 0.3) is 0 Å². The van der Waals surface area contributed by atoms with Gasteiger partial charge in [0.25, 0.3) is 5.91 Å². The third kappa shape index (κ3) is 3.23. The van der Waals surface area contributed by atoms with E-state index in [9.17, 15) is 14.7 Å². The van der Waals surface area contributed by atoms with Gasteiger partial charge in [0.15, 0.2) is 0 Å². The van der Waals surface area contributed by atoms with Gasteiger partial charge in [-0.2, -0.15) is 0 Å². The minimum absolute atomic E-state index is 0.0257. The number of benzene rings is 1. The summed E-state index contributed by atoms with van der Waals surface area (Å²) in [6.45, 7) is 1.64. The van der Waals surface area contributed by atoms with Crippen LogP contribution in [0.4, 0.5) is 0 Å². The van der Waals surface area contributed by atoms with Crippen molar-refractivity contribution >= 4 is 11.8 Å². The molecule has 0 radical (unpaired) electrons. The van der Waals surface area contributed by atoms with Crippen LogP contribution in [0.2, 0.25) is 0 Å². The lowest BCUT2D eigenvalue weighted by molar-refractivity contribution is -0.122. The predicted molar refractivity (Wildman–Crippen MR) is 66.2 cm³/mol. The molecule has 1 atom stereocenters. The Labute approximate surface area is 105 Å². The number of carbonyl (C=O) groups is 2. The van der Waals surface area contributed by atoms with Gasteiger partial charge in [0.05, 0.1) is 0 Å². The zero-order chi connectivity index (χ0) is 13.1. The molecule has 1 aromatic rings. The predicted octanol–water partition coefficient (Wildman–Crippen LogP) is 0.789. The molecule has 18 heavy (non-hydrogen) atoms. The number of nitrogens with one attached hydrogen (secondary N) is 2. The molecule has 2 amide bonds. The summed E-state index contributed by atoms with van der Waals surface area (Å²) in [6.07, 6.45) is 2.03. The van der Waals surface area contributed by atoms with Crippen molar-refractivity contribution in [1.82, 2.24) is 10.6 Å². The van der Waals surface area contributed by atoms with Gasteiger partial charge in [0.2, 0.25) is 5.91 Å². The molecule has 0 aromatic heterocycles. The van der Waals surface area contributed by atoms with E-state index in [-0.39, 0.29) is 23.6 Å². The van der Waals surface area contributed by atoms with Crippen molar-refractivity contribution in [3.63, 3.8) is 0 Å². The lowest BCUT2D eigenvalue weighted by atomic mass is 10.2. The number of aromatic hydroxyl groups is 1. The van der Waals surface area contributed by atoms with E-state index in [0.717, 1.165) is 12.8 Å². The highest BCUT2D eigenvalue weighted by Gasteiger charge is 2.26. The van der Waals surface area contributed by atoms with Gasteiger partial charge < -0.3 is 15.7 Å². The van der Waals surface area contributed by atoms with Crippen molar-refractivity contribution < 1.29 is 14.7 Å². The first kappa shape index (κ1) is 12.4. The Balaban J connectivity index is 1.91. The van der Waals surface area contributed by atoms with E-state index >= 15 is 0 Å². The molecule has 5 nitrogen and oxygen atoms in total. The second-order valence-electron chi connectivity index (χ2n) is 4.53. The molecule has 1 saturated carbocycles. The largest absolute Gasteiger partial charge is 0.508 e. The van der Waals surface area contributed by atoms with Crippen LogP contribution in [0.1, 0.15) is 30.1 Å². The first-order valence-corrected chi connectivity index (χ1v) is 5.96. The van der Waals surface area contributed by atoms with E-state index in [1.807, 2.05) is 0 Å². The molecular formula is C13H16N2O3. The molecule has 96 valence electrons. The molecule has 0 heterocycles. The van der Waals surface area contributed by atoms with Crippen molar-refractivity contribution in [3.8, 4) is 5.75 Å². The fourth-order valence-electron chi connectivity index (χ4n) is 1.55. The summed E-state index contributed by atoms with van der Waals surface area (Å²) < 4.78 is 0. The zero-order valence-electron chi connectivity index (χ0n) is 10.1. The SMILES string of the molecule is CC(NC(=O)c1cccc(O)c1)C(=O)NC1CC1. The maximum absolute atomic E-state index is 11.8. The normalized spacial score (nSPS) is 15.8. The molecular weight excluding hydrogens is 232 g/mol. The van der Waals surface area contributed by atoms with E-state index in [4.69, 9.17) is 0 Å². The molecule has 1 unspecified atom stereocenters. The Hall–Kier alpha value is -2.04. The van der Waals surface area contributed by atoms with Crippen LogP contribution in [-0.2, 0) is 4.79 Å². The second kappa shape index (κ2) is 5.08. The van der Waals surface area contributed by atoms with Gasteiger partial charge in [-0.15, -0.1) is 0 Å². The first-order valence-electron chi connectivity index (χ1n) is 5.96. The highest BCUT2D eigenvalue weighted by molar-refractivity contribution is 5.97. The van der Waals surface area contributed by atoms with Crippen LogP contribution in [0, 0.1) is 0 Å². The summed E-state index contributed by atoms with van der Waals surface area (Å²) in [5.74, 6) is -0.520. The number of phenolic OH excluding ortho intramolecular Hbond substituents is 1. The molecule has 0 spiro atoms. The Morgan fingerprint density at radius 3 is 2.72 bits per heavy atom. The summed E-state index contributed by atoms with van der Waals surface area (Å²) in [5.41, 5.74) is 0.334. The number of rotatable bonds is 4. The summed E-state index contributed by atoms with van der Waals surface area (Å²) in [4.78, 5) is 23.5. The minimum atomic E-state index is -0.583. The summed E-state index contributed by atoms with van der Waals surface area (Å²) >= 11 is 0. The zero-order valence-corrected chi connectivity index (χ0v) is 10.1. The highest BCUT2D eigenvalue weighted by atomic mass is 16.3. The van der Waals surface area contributed by atoms with Crippen molar-refractivity contribution in [2.24, 2.45) is 0 Å². The number of carbonyl (C=O) groups excluding carboxylic acids is 2. The standard InChI is InChI=1S/C13H16N2O3/c1-8(12(17)15-10-5-6-10)14-13(18)9-3-2-4-11(16)7-9/h2-4,7-8,10,16H,5-6H2,1H3,(H,14,18)(H,15,17). The quantitative estimate of drug-likeness (QED) is 0.737. The van der Waals surface area contributed by atoms with Gasteiger partial charge in [-0.05, 0) is 38.0 Å². The Kier molecular flexibility index (Phi) is 3.50. The van der Waals surface area contributed by atoms with Gasteiger partial charge in [-0.3, -0.25) is 9.59 Å². The topological polar surface area (TPSA) is 78.4 Å². The number of amides is 2. The monoisotopic (exact) mass is 248 g/mol. The summed E-state index contributed by atoms with van der Waals surface area (Å²) in [7, 11) is 0. The van der Waals surface area contributed by atoms with Crippen LogP contribution in [0.15, 0.2) is 24.3 Å². The van der Waals surface area contributed by atoms with Crippen molar-refractivity contribution in [2.75, 3.05) is 0 Å². The first-order chi connectivity index (χ1) is 8.56. The Morgan fingerprint density at radius 1 is 1.39 bits per heavy atom. The van der Waals surface area contributed by atoms with E-state index in [0.29, 0.717) is 5.56 Å². The van der Waals surface area contributed by atoms with E-state index < -0.39 is 6.04 Å². The molecule has 1 fully saturated rings. The Morgan fingerprint density at radius 2 is 2.11 bits per heavy atom. The lowest BCUT2D eigenvalue weighted by Crippen LogP contribution is -2.45. The van der Waals surface area contributed by atoms with Gasteiger partial charge in [-0.25, -0.2) is 0 Å². The molecule has 1 aromatic carbocycles. The summed E-state index contributed by atoms with van der Waals surface area (Å²) in [6, 6.07) is 5.71. The van der Waals surface area contributed by atoms with Gasteiger partial charge >= 0.3 is 0 Å². The van der Waals surface area contributed by atoms with Crippen LogP contribution in [0.3, 0.4) is 0 Å². The second-order valence-corrected chi connectivity index (χ2v) is 4.53. The van der Waals surface area contributed by atoms with Crippen molar-refractivity contribution in [2.45, 2.75) is 31.8 Å². The van der Waals surface area contributed by atoms with E-state index in [1.54, 1.807) is 19.1 Å². The third-order valence-electron chi connectivity index (χ3n) is 2.77. The average molecular weight is 248 g/mol. The third-order valence-corrected chi connectivity index (χ3v) is 2.77. The number of hydrogen-bond acceptors (Lipinski definition) is 3. The summed E-state index contributed by atoms with van der Waals surface area (Å²) in [5, 5.41) is 14.7. The molecule has 1 aliphatic carbocycles. The van der Waals surface area contributed by atoms with E-state index in [1.165, 1.54) is 12.1 Å². The minimum Gasteiger partial charge on any atom is -0.508 e. The Bertz CT molecular complexity index is 469. The fourth-order valence-corrected chi connectivity index (χ4v) is 1.55. The molecule has 5 heteroatoms. The maximum atomic E-state index is 11.8. The van der Waals surface area contributed by atoms with Gasteiger partial charge in [0.1, 0.15) is 11.8 Å². The van der Waals surface area contributed by atoms with Crippen LogP contribution < -0.4 is 10.6 Å². The highest BCUT2D eigenvalue weighted by Crippen LogP contribution is 2.18. The van der Waals surface area contributed by atoms with Crippen LogP contribution >= 0.6 is 0 Å². The number of hydrogen-bond donors (Lipinski definition) is 3. The molecule has 3 N–H and O–H groups in total. The fraction of sp³-hybridized carbons (Fsp3) is 0.385. The lowest BCUT2D eigenvalue weighted by Gasteiger charge is -2.13. The molecule has 0 bridgehead atoms. The number of phenols is 1. The smallest absolute Gasteiger partial charge is 0.252 e. The molecule has 0 aliphatic heterocycles. The van der Waals surface area contributed by atoms with Crippen molar-refractivity contribution in [3.05, 3.63) is 29.8 Å². The van der Waals surface area contributed by atoms with Crippen molar-refractivity contribution in [1.29, 1.82) is 0 Å².